The normalized spacial score (nSPS) is 10.8. The molecule has 0 amide bonds. The fourth-order valence-corrected chi connectivity index (χ4v) is 1.67. The standard InChI is InChI=1S/C11H8N4O/c16-10(7-4-14-15-5-7)9-6-13-11-8(9)2-1-3-12-11/h1-6H,(H,12,13)(H,14,15). The van der Waals surface area contributed by atoms with Crippen LogP contribution in [-0.2, 0) is 0 Å². The Morgan fingerprint density at radius 3 is 3.06 bits per heavy atom. The summed E-state index contributed by atoms with van der Waals surface area (Å²) in [6.45, 7) is 0. The predicted molar refractivity (Wildman–Crippen MR) is 58.1 cm³/mol. The van der Waals surface area contributed by atoms with Gasteiger partial charge in [0.2, 0.25) is 0 Å². The smallest absolute Gasteiger partial charge is 0.198 e. The van der Waals surface area contributed by atoms with Gasteiger partial charge in [0, 0.05) is 29.5 Å². The van der Waals surface area contributed by atoms with Gasteiger partial charge >= 0.3 is 0 Å². The number of H-pyrrole nitrogens is 2. The predicted octanol–water partition coefficient (Wildman–Crippen LogP) is 1.52. The van der Waals surface area contributed by atoms with Gasteiger partial charge < -0.3 is 4.98 Å². The molecule has 3 aromatic heterocycles. The van der Waals surface area contributed by atoms with Crippen molar-refractivity contribution in [3.05, 3.63) is 48.0 Å². The number of rotatable bonds is 2. The molecular weight excluding hydrogens is 204 g/mol. The topological polar surface area (TPSA) is 74.4 Å². The van der Waals surface area contributed by atoms with Crippen LogP contribution in [0.4, 0.5) is 0 Å². The number of nitrogens with zero attached hydrogens (tertiary/aromatic N) is 2. The van der Waals surface area contributed by atoms with Gasteiger partial charge in [0.1, 0.15) is 5.65 Å². The van der Waals surface area contributed by atoms with Crippen LogP contribution in [0.5, 0.6) is 0 Å². The lowest BCUT2D eigenvalue weighted by atomic mass is 10.1. The van der Waals surface area contributed by atoms with Crippen LogP contribution in [0.15, 0.2) is 36.9 Å². The van der Waals surface area contributed by atoms with Crippen molar-refractivity contribution in [3.8, 4) is 0 Å². The van der Waals surface area contributed by atoms with Crippen molar-refractivity contribution < 1.29 is 4.79 Å². The Hall–Kier alpha value is -2.43. The number of carbonyl (C=O) groups excluding carboxylic acids is 1. The van der Waals surface area contributed by atoms with Gasteiger partial charge in [-0.2, -0.15) is 5.10 Å². The number of hydrogen-bond donors (Lipinski definition) is 2. The van der Waals surface area contributed by atoms with E-state index < -0.39 is 0 Å². The summed E-state index contributed by atoms with van der Waals surface area (Å²) in [4.78, 5) is 19.2. The summed E-state index contributed by atoms with van der Waals surface area (Å²) < 4.78 is 0. The second-order valence-corrected chi connectivity index (χ2v) is 3.42. The molecular formula is C11H8N4O. The van der Waals surface area contributed by atoms with E-state index in [4.69, 9.17) is 0 Å². The van der Waals surface area contributed by atoms with Crippen molar-refractivity contribution in [2.75, 3.05) is 0 Å². The monoisotopic (exact) mass is 212 g/mol. The van der Waals surface area contributed by atoms with E-state index in [0.717, 1.165) is 5.39 Å². The number of fused-ring (bicyclic) bond motifs is 1. The number of aromatic nitrogens is 4. The van der Waals surface area contributed by atoms with Gasteiger partial charge in [0.25, 0.3) is 0 Å². The fraction of sp³-hybridized carbons (Fsp3) is 0. The summed E-state index contributed by atoms with van der Waals surface area (Å²) in [6.07, 6.45) is 6.45. The highest BCUT2D eigenvalue weighted by molar-refractivity contribution is 6.15. The molecule has 78 valence electrons. The van der Waals surface area contributed by atoms with Gasteiger partial charge in [0.15, 0.2) is 5.78 Å². The van der Waals surface area contributed by atoms with Gasteiger partial charge in [-0.05, 0) is 12.1 Å². The zero-order valence-electron chi connectivity index (χ0n) is 8.27. The van der Waals surface area contributed by atoms with Crippen LogP contribution in [-0.4, -0.2) is 25.9 Å². The van der Waals surface area contributed by atoms with Crippen molar-refractivity contribution in [1.82, 2.24) is 20.2 Å². The first-order valence-corrected chi connectivity index (χ1v) is 4.82. The molecule has 16 heavy (non-hydrogen) atoms. The van der Waals surface area contributed by atoms with Gasteiger partial charge in [-0.15, -0.1) is 0 Å². The fourth-order valence-electron chi connectivity index (χ4n) is 1.67. The first-order chi connectivity index (χ1) is 7.86. The highest BCUT2D eigenvalue weighted by atomic mass is 16.1. The van der Waals surface area contributed by atoms with Crippen molar-refractivity contribution in [1.29, 1.82) is 0 Å². The Balaban J connectivity index is 2.16. The molecule has 5 nitrogen and oxygen atoms in total. The molecule has 0 bridgehead atoms. The number of pyridine rings is 1. The molecule has 3 rings (SSSR count). The first-order valence-electron chi connectivity index (χ1n) is 4.82. The Labute approximate surface area is 90.5 Å². The van der Waals surface area contributed by atoms with Gasteiger partial charge in [-0.25, -0.2) is 4.98 Å². The summed E-state index contributed by atoms with van der Waals surface area (Å²) >= 11 is 0. The molecule has 0 unspecified atom stereocenters. The molecule has 3 aromatic rings. The summed E-state index contributed by atoms with van der Waals surface area (Å²) in [5, 5.41) is 7.21. The van der Waals surface area contributed by atoms with Crippen molar-refractivity contribution in [2.45, 2.75) is 0 Å². The van der Waals surface area contributed by atoms with Crippen LogP contribution in [0.1, 0.15) is 15.9 Å². The van der Waals surface area contributed by atoms with Crippen molar-refractivity contribution >= 4 is 16.8 Å². The molecule has 0 aliphatic heterocycles. The molecule has 5 heteroatoms. The zero-order chi connectivity index (χ0) is 11.0. The van der Waals surface area contributed by atoms with E-state index in [1.165, 1.54) is 6.20 Å². The van der Waals surface area contributed by atoms with Gasteiger partial charge in [-0.1, -0.05) is 0 Å². The van der Waals surface area contributed by atoms with Crippen molar-refractivity contribution in [3.63, 3.8) is 0 Å². The van der Waals surface area contributed by atoms with Crippen LogP contribution in [0.25, 0.3) is 11.0 Å². The average Bonchev–Trinajstić information content (AvgIpc) is 2.98. The lowest BCUT2D eigenvalue weighted by molar-refractivity contribution is 0.104. The van der Waals surface area contributed by atoms with Crippen LogP contribution < -0.4 is 0 Å². The Kier molecular flexibility index (Phi) is 1.83. The van der Waals surface area contributed by atoms with E-state index in [-0.39, 0.29) is 5.78 Å². The summed E-state index contributed by atoms with van der Waals surface area (Å²) in [5.41, 5.74) is 1.88. The minimum atomic E-state index is -0.0620. The highest BCUT2D eigenvalue weighted by Gasteiger charge is 2.14. The van der Waals surface area contributed by atoms with Gasteiger partial charge in [-0.3, -0.25) is 9.89 Å². The van der Waals surface area contributed by atoms with E-state index in [1.54, 1.807) is 18.6 Å². The third-order valence-corrected chi connectivity index (χ3v) is 2.46. The maximum atomic E-state index is 12.1. The van der Waals surface area contributed by atoms with E-state index in [9.17, 15) is 4.79 Å². The van der Waals surface area contributed by atoms with E-state index in [0.29, 0.717) is 16.8 Å². The Bertz CT molecular complexity index is 639. The number of nitrogens with one attached hydrogen (secondary N) is 2. The lowest BCUT2D eigenvalue weighted by Crippen LogP contribution is -1.98. The molecule has 0 atom stereocenters. The van der Waals surface area contributed by atoms with E-state index >= 15 is 0 Å². The number of carbonyl (C=O) groups is 1. The molecule has 0 radical (unpaired) electrons. The Morgan fingerprint density at radius 1 is 1.31 bits per heavy atom. The maximum Gasteiger partial charge on any atom is 0.198 e. The van der Waals surface area contributed by atoms with E-state index in [2.05, 4.69) is 20.2 Å². The number of ketones is 1. The maximum absolute atomic E-state index is 12.1. The average molecular weight is 212 g/mol. The molecule has 0 aliphatic rings. The molecule has 0 aromatic carbocycles. The molecule has 0 aliphatic carbocycles. The molecule has 0 saturated carbocycles. The van der Waals surface area contributed by atoms with Gasteiger partial charge in [0.05, 0.1) is 11.8 Å². The summed E-state index contributed by atoms with van der Waals surface area (Å²) in [6, 6.07) is 3.68. The van der Waals surface area contributed by atoms with Crippen LogP contribution in [0.2, 0.25) is 0 Å². The second kappa shape index (κ2) is 3.30. The lowest BCUT2D eigenvalue weighted by Gasteiger charge is -1.94. The molecule has 3 heterocycles. The minimum absolute atomic E-state index is 0.0620. The summed E-state index contributed by atoms with van der Waals surface area (Å²) in [5.74, 6) is -0.0620. The SMILES string of the molecule is O=C(c1cn[nH]c1)c1c[nH]c2ncccc12. The van der Waals surface area contributed by atoms with Crippen LogP contribution in [0.3, 0.4) is 0 Å². The molecule has 0 fully saturated rings. The quantitative estimate of drug-likeness (QED) is 0.632. The van der Waals surface area contributed by atoms with Crippen LogP contribution >= 0.6 is 0 Å². The Morgan fingerprint density at radius 2 is 2.25 bits per heavy atom. The number of hydrogen-bond acceptors (Lipinski definition) is 3. The molecule has 0 spiro atoms. The summed E-state index contributed by atoms with van der Waals surface area (Å²) in [7, 11) is 0. The first kappa shape index (κ1) is 8.84. The third kappa shape index (κ3) is 1.22. The third-order valence-electron chi connectivity index (χ3n) is 2.46. The second-order valence-electron chi connectivity index (χ2n) is 3.42. The largest absolute Gasteiger partial charge is 0.345 e. The van der Waals surface area contributed by atoms with E-state index in [1.807, 2.05) is 12.1 Å². The zero-order valence-corrected chi connectivity index (χ0v) is 8.27. The highest BCUT2D eigenvalue weighted by Crippen LogP contribution is 2.18. The molecule has 2 N–H and O–H groups in total. The number of aromatic amines is 2. The van der Waals surface area contributed by atoms with Crippen molar-refractivity contribution in [2.24, 2.45) is 0 Å². The molecule has 0 saturated heterocycles. The van der Waals surface area contributed by atoms with Crippen LogP contribution in [0, 0.1) is 0 Å². The minimum Gasteiger partial charge on any atom is -0.345 e.